The van der Waals surface area contributed by atoms with Crippen LogP contribution in [0.2, 0.25) is 10.0 Å². The molecule has 1 spiro atoms. The first-order valence-corrected chi connectivity index (χ1v) is 22.7. The Morgan fingerprint density at radius 1 is 0.944 bits per heavy atom. The summed E-state index contributed by atoms with van der Waals surface area (Å²) in [7, 11) is -6.88. The minimum absolute atomic E-state index is 0. The second-order valence-electron chi connectivity index (χ2n) is 13.4. The fourth-order valence-electron chi connectivity index (χ4n) is 7.71. The molecule has 0 radical (unpaired) electrons. The average molecular weight is 870 g/mol. The number of hydrogen-bond acceptors (Lipinski definition) is 9. The van der Waals surface area contributed by atoms with Gasteiger partial charge in [0.2, 0.25) is 5.52 Å². The number of aryl methyl sites for hydroxylation is 1. The zero-order valence-electron chi connectivity index (χ0n) is 29.8. The van der Waals surface area contributed by atoms with E-state index in [4.69, 9.17) is 23.2 Å². The van der Waals surface area contributed by atoms with Crippen molar-refractivity contribution in [1.29, 1.82) is 0 Å². The van der Waals surface area contributed by atoms with Crippen LogP contribution in [0.1, 0.15) is 43.5 Å². The first-order valence-electron chi connectivity index (χ1n) is 17.2. The average Bonchev–Trinajstić information content (AvgIpc) is 3.88. The van der Waals surface area contributed by atoms with Crippen molar-refractivity contribution in [3.63, 3.8) is 0 Å². The van der Waals surface area contributed by atoms with Crippen molar-refractivity contribution in [3.8, 4) is 0 Å². The first-order chi connectivity index (χ1) is 25.2. The molecular formula is C38H37Cl2KN3O6S4+. The van der Waals surface area contributed by atoms with Crippen molar-refractivity contribution in [1.82, 2.24) is 4.48 Å². The van der Waals surface area contributed by atoms with Crippen LogP contribution in [0.3, 0.4) is 0 Å². The number of nitrogens with zero attached hydrogens (tertiary/aromatic N) is 3. The second kappa shape index (κ2) is 17.3. The van der Waals surface area contributed by atoms with Crippen molar-refractivity contribution in [2.45, 2.75) is 55.3 Å². The molecule has 2 atom stereocenters. The molecule has 1 aromatic heterocycles. The molecule has 2 aliphatic heterocycles. The van der Waals surface area contributed by atoms with Crippen LogP contribution in [0.15, 0.2) is 112 Å². The number of allylic oxidation sites excluding steroid dienone is 5. The molecule has 54 heavy (non-hydrogen) atoms. The van der Waals surface area contributed by atoms with Gasteiger partial charge in [-0.05, 0) is 84.6 Å². The van der Waals surface area contributed by atoms with E-state index in [2.05, 4.69) is 39.8 Å². The van der Waals surface area contributed by atoms with Gasteiger partial charge in [0.05, 0.1) is 21.6 Å². The van der Waals surface area contributed by atoms with E-state index in [-0.39, 0.29) is 68.7 Å². The number of fused-ring (bicyclic) bond motifs is 3. The molecular weight excluding hydrogens is 833 g/mol. The molecule has 0 amide bonds. The normalized spacial score (nSPS) is 21.6. The van der Waals surface area contributed by atoms with Crippen molar-refractivity contribution < 1.29 is 81.9 Å². The number of hydrogen-bond donors (Lipinski definition) is 0. The number of quaternary nitrogens is 1. The van der Waals surface area contributed by atoms with Gasteiger partial charge in [0, 0.05) is 77.8 Å². The Hall–Kier alpha value is -1.34. The quantitative estimate of drug-likeness (QED) is 0.0632. The fourth-order valence-corrected chi connectivity index (χ4v) is 12.3. The third-order valence-corrected chi connectivity index (χ3v) is 15.0. The summed E-state index contributed by atoms with van der Waals surface area (Å²) in [6.45, 7) is 1.02. The van der Waals surface area contributed by atoms with Gasteiger partial charge in [0.25, 0.3) is 5.01 Å². The largest absolute Gasteiger partial charge is 1.00 e. The number of halogens is 2. The Bertz CT molecular complexity index is 2430. The van der Waals surface area contributed by atoms with Gasteiger partial charge >= 0.3 is 51.4 Å². The Labute approximate surface area is 377 Å². The number of rotatable bonds is 11. The van der Waals surface area contributed by atoms with Crippen molar-refractivity contribution in [3.05, 3.63) is 122 Å². The number of para-hydroxylation sites is 1. The van der Waals surface area contributed by atoms with E-state index in [0.717, 1.165) is 66.2 Å². The Kier molecular flexibility index (Phi) is 13.5. The second-order valence-corrected chi connectivity index (χ2v) is 19.4. The topological polar surface area (TPSA) is 122 Å². The first kappa shape index (κ1) is 42.3. The minimum Gasteiger partial charge on any atom is -0.748 e. The van der Waals surface area contributed by atoms with Crippen LogP contribution in [0.4, 0.5) is 11.4 Å². The van der Waals surface area contributed by atoms with Crippen molar-refractivity contribution in [2.75, 3.05) is 24.2 Å². The van der Waals surface area contributed by atoms with Crippen LogP contribution in [0.5, 0.6) is 0 Å². The van der Waals surface area contributed by atoms with Crippen LogP contribution in [0.25, 0.3) is 16.3 Å². The van der Waals surface area contributed by atoms with Gasteiger partial charge in [-0.2, -0.15) is 4.57 Å². The summed E-state index contributed by atoms with van der Waals surface area (Å²) in [5.41, 5.74) is 5.92. The number of thiazole rings is 1. The molecule has 1 aliphatic carbocycles. The SMILES string of the molecule is CN(C1=C(C=Cc2sc3ccc(Cl)cc3[n+]2CCCCS(=O)(=O)[O-])CC/C1=C\C=C1Sc2ccc(Cl)cc2[N+]12CCCC2S(=O)(=O)[O-])c1ccccc1.[K+]. The number of likely N-dealkylation sites (N-methyl/N-ethyl adjacent to an activating group) is 1. The molecule has 7 rings (SSSR count). The van der Waals surface area contributed by atoms with Crippen LogP contribution < -0.4 is 65.3 Å². The Morgan fingerprint density at radius 2 is 1.69 bits per heavy atom. The standard InChI is InChI=1S/C38H37Cl2N3O6S4.K/c1-41(30-8-3-2-4-9-30)38-26(13-19-35-42(21-5-6-23-52(44,45)46)31-24-28(39)15-17-33(31)50-35)11-12-27(38)14-20-36-43(22-7-10-37(43)53(47,48)49)32-25-29(40)16-18-34(32)51-36;/h2-4,8-9,13-20,24-25,37H,5-7,10-12,21-23H2,1H3;/q;+1/b27-14+,36-20?;. The van der Waals surface area contributed by atoms with E-state index in [1.54, 1.807) is 23.5 Å². The van der Waals surface area contributed by atoms with E-state index < -0.39 is 31.4 Å². The number of benzene rings is 3. The molecule has 9 nitrogen and oxygen atoms in total. The summed E-state index contributed by atoms with van der Waals surface area (Å²) in [6.07, 6.45) is 11.4. The molecule has 278 valence electrons. The van der Waals surface area contributed by atoms with Gasteiger partial charge in [0.1, 0.15) is 4.70 Å². The van der Waals surface area contributed by atoms with Gasteiger partial charge in [-0.25, -0.2) is 21.3 Å². The van der Waals surface area contributed by atoms with Crippen LogP contribution in [-0.4, -0.2) is 50.7 Å². The maximum Gasteiger partial charge on any atom is 1.00 e. The molecule has 16 heteroatoms. The van der Waals surface area contributed by atoms with Crippen molar-refractivity contribution in [2.24, 2.45) is 0 Å². The van der Waals surface area contributed by atoms with E-state index in [9.17, 15) is 25.9 Å². The number of anilines is 1. The zero-order chi connectivity index (χ0) is 37.5. The molecule has 4 aromatic rings. The van der Waals surface area contributed by atoms with Crippen LogP contribution in [-0.2, 0) is 26.8 Å². The molecule has 0 N–H and O–H groups in total. The Morgan fingerprint density at radius 3 is 2.43 bits per heavy atom. The number of unbranched alkanes of at least 4 members (excludes halogenated alkanes) is 1. The smallest absolute Gasteiger partial charge is 0.748 e. The van der Waals surface area contributed by atoms with Gasteiger partial charge in [-0.3, -0.25) is 0 Å². The summed E-state index contributed by atoms with van der Waals surface area (Å²) in [5, 5.41) is 1.72. The van der Waals surface area contributed by atoms with Gasteiger partial charge in [-0.1, -0.05) is 58.8 Å². The van der Waals surface area contributed by atoms with E-state index in [1.165, 1.54) is 11.8 Å². The maximum absolute atomic E-state index is 12.7. The number of thioether (sulfide) groups is 1. The van der Waals surface area contributed by atoms with Crippen molar-refractivity contribution >= 4 is 94.2 Å². The molecule has 0 bridgehead atoms. The van der Waals surface area contributed by atoms with Gasteiger partial charge in [-0.15, -0.1) is 0 Å². The van der Waals surface area contributed by atoms with Crippen LogP contribution in [0, 0.1) is 0 Å². The third-order valence-electron chi connectivity index (χ3n) is 10.1. The summed E-state index contributed by atoms with van der Waals surface area (Å²) < 4.78 is 75.0. The molecule has 3 heterocycles. The van der Waals surface area contributed by atoms with Crippen LogP contribution >= 0.6 is 46.3 Å². The molecule has 2 unspecified atom stereocenters. The summed E-state index contributed by atoms with van der Waals surface area (Å²) in [6, 6.07) is 21.3. The number of aromatic nitrogens is 1. The van der Waals surface area contributed by atoms with E-state index in [1.807, 2.05) is 55.6 Å². The molecule has 0 saturated carbocycles. The molecule has 3 aliphatic rings. The maximum atomic E-state index is 12.7. The summed E-state index contributed by atoms with van der Waals surface area (Å²) in [5.74, 6) is -0.402. The Balaban J connectivity index is 0.00000497. The van der Waals surface area contributed by atoms with Gasteiger partial charge in [0.15, 0.2) is 32.8 Å². The minimum atomic E-state index is -4.62. The summed E-state index contributed by atoms with van der Waals surface area (Å²) >= 11 is 15.9. The van der Waals surface area contributed by atoms with E-state index in [0.29, 0.717) is 36.0 Å². The molecule has 3 aromatic carbocycles. The predicted octanol–water partition coefficient (Wildman–Crippen LogP) is 5.57. The summed E-state index contributed by atoms with van der Waals surface area (Å²) in [4.78, 5) is 3.06. The monoisotopic (exact) mass is 868 g/mol. The predicted molar refractivity (Wildman–Crippen MR) is 214 cm³/mol. The molecule has 1 saturated heterocycles. The fraction of sp³-hybridized carbons (Fsp3) is 0.289. The zero-order valence-corrected chi connectivity index (χ0v) is 37.7. The molecule has 1 fully saturated rings. The van der Waals surface area contributed by atoms with Gasteiger partial charge < -0.3 is 14.0 Å². The van der Waals surface area contributed by atoms with E-state index >= 15 is 0 Å². The third kappa shape index (κ3) is 8.87.